The number of halogens is 2. The number of carbonyl (C=O) groups is 4. The summed E-state index contributed by atoms with van der Waals surface area (Å²) < 4.78 is 4.42. The summed E-state index contributed by atoms with van der Waals surface area (Å²) in [7, 11) is 0. The zero-order valence-corrected chi connectivity index (χ0v) is 24.1. The van der Waals surface area contributed by atoms with E-state index in [4.69, 9.17) is 27.9 Å². The van der Waals surface area contributed by atoms with Crippen LogP contribution in [0, 0.1) is 11.8 Å². The molecule has 0 radical (unpaired) electrons. The number of rotatable bonds is 5. The first-order valence-corrected chi connectivity index (χ1v) is 13.6. The Morgan fingerprint density at radius 3 is 2.50 bits per heavy atom. The molecule has 0 spiro atoms. The average Bonchev–Trinajstić information content (AvgIpc) is 3.41. The zero-order chi connectivity index (χ0) is 29.1. The summed E-state index contributed by atoms with van der Waals surface area (Å²) in [5.41, 5.74) is 0.883. The molecule has 4 rings (SSSR count). The van der Waals surface area contributed by atoms with Crippen LogP contribution in [0.4, 0.5) is 10.5 Å². The van der Waals surface area contributed by atoms with Crippen LogP contribution >= 0.6 is 23.2 Å². The Kier molecular flexibility index (Phi) is 8.45. The molecule has 40 heavy (non-hydrogen) atoms. The summed E-state index contributed by atoms with van der Waals surface area (Å²) in [6, 6.07) is 11.5. The maximum absolute atomic E-state index is 14.4. The van der Waals surface area contributed by atoms with Gasteiger partial charge in [0.1, 0.15) is 5.60 Å². The van der Waals surface area contributed by atoms with E-state index in [9.17, 15) is 19.2 Å². The van der Waals surface area contributed by atoms with E-state index in [0.29, 0.717) is 40.7 Å². The van der Waals surface area contributed by atoms with Gasteiger partial charge in [-0.2, -0.15) is 5.43 Å². The number of fused-ring (bicyclic) bond motifs is 1. The number of benzene rings is 2. The molecule has 2 aromatic rings. The molecule has 2 atom stereocenters. The molecule has 0 aliphatic carbocycles. The molecule has 11 heteroatoms. The van der Waals surface area contributed by atoms with Gasteiger partial charge in [-0.1, -0.05) is 35.2 Å². The highest BCUT2D eigenvalue weighted by Crippen LogP contribution is 2.39. The maximum Gasteiger partial charge on any atom is 0.453 e. The number of anilines is 1. The summed E-state index contributed by atoms with van der Waals surface area (Å²) in [6.07, 6.45) is 0.578. The van der Waals surface area contributed by atoms with Gasteiger partial charge in [-0.05, 0) is 75.9 Å². The van der Waals surface area contributed by atoms with Gasteiger partial charge < -0.3 is 15.0 Å². The van der Waals surface area contributed by atoms with E-state index in [2.05, 4.69) is 22.6 Å². The second kappa shape index (κ2) is 11.5. The van der Waals surface area contributed by atoms with Crippen molar-refractivity contribution in [2.75, 3.05) is 25.0 Å². The molecular formula is C29H31Cl2N4O5+. The van der Waals surface area contributed by atoms with Crippen molar-refractivity contribution in [3.05, 3.63) is 63.6 Å². The number of ketones is 1. The van der Waals surface area contributed by atoms with Gasteiger partial charge in [-0.15, -0.1) is 4.59 Å². The fraction of sp³-hybridized carbons (Fsp3) is 0.379. The van der Waals surface area contributed by atoms with E-state index in [1.165, 1.54) is 6.07 Å². The Labute approximate surface area is 243 Å². The third-order valence-corrected chi connectivity index (χ3v) is 7.19. The van der Waals surface area contributed by atoms with Crippen LogP contribution in [0.3, 0.4) is 0 Å². The lowest BCUT2D eigenvalue weighted by Crippen LogP contribution is -2.80. The smallest absolute Gasteiger partial charge is 0.441 e. The Balaban J connectivity index is 1.89. The maximum atomic E-state index is 14.4. The predicted octanol–water partition coefficient (Wildman–Crippen LogP) is 4.78. The molecule has 2 heterocycles. The normalized spacial score (nSPS) is 19.8. The number of likely N-dealkylation sites (tertiary alicyclic amines) is 1. The van der Waals surface area contributed by atoms with E-state index >= 15 is 0 Å². The van der Waals surface area contributed by atoms with Gasteiger partial charge in [0.15, 0.2) is 12.3 Å². The van der Waals surface area contributed by atoms with E-state index in [1.54, 1.807) is 62.1 Å². The Morgan fingerprint density at radius 2 is 1.85 bits per heavy atom. The van der Waals surface area contributed by atoms with Crippen LogP contribution in [0.25, 0.3) is 0 Å². The molecular weight excluding hydrogens is 555 g/mol. The van der Waals surface area contributed by atoms with Crippen LogP contribution in [-0.4, -0.2) is 64.6 Å². The third kappa shape index (κ3) is 6.09. The van der Waals surface area contributed by atoms with Crippen LogP contribution in [0.15, 0.2) is 42.5 Å². The molecule has 0 aromatic heterocycles. The van der Waals surface area contributed by atoms with Crippen molar-refractivity contribution in [3.8, 4) is 11.8 Å². The monoisotopic (exact) mass is 585 g/mol. The van der Waals surface area contributed by atoms with E-state index in [0.717, 1.165) is 12.8 Å². The number of Topliss-reactive ketones (excluding diaryl/α,β-unsaturated/α-hetero) is 1. The van der Waals surface area contributed by atoms with Crippen molar-refractivity contribution in [3.63, 3.8) is 0 Å². The minimum absolute atomic E-state index is 0.273. The summed E-state index contributed by atoms with van der Waals surface area (Å²) in [5, 5.41) is 3.96. The van der Waals surface area contributed by atoms with Gasteiger partial charge in [-0.3, -0.25) is 9.59 Å². The molecule has 210 valence electrons. The zero-order valence-electron chi connectivity index (χ0n) is 22.6. The van der Waals surface area contributed by atoms with Gasteiger partial charge in [0.05, 0.1) is 12.1 Å². The molecule has 2 aromatic carbocycles. The number of ether oxygens (including phenoxy) is 1. The van der Waals surface area contributed by atoms with Crippen LogP contribution in [0.2, 0.25) is 10.0 Å². The average molecular weight is 586 g/mol. The summed E-state index contributed by atoms with van der Waals surface area (Å²) in [6.45, 7) is 5.54. The van der Waals surface area contributed by atoms with Crippen molar-refractivity contribution in [1.82, 2.24) is 10.3 Å². The fourth-order valence-corrected chi connectivity index (χ4v) is 5.26. The van der Waals surface area contributed by atoms with E-state index in [-0.39, 0.29) is 12.2 Å². The molecule has 9 nitrogen and oxygen atoms in total. The van der Waals surface area contributed by atoms with Gasteiger partial charge in [0.2, 0.25) is 0 Å². The Bertz CT molecular complexity index is 1410. The largest absolute Gasteiger partial charge is 0.453 e. The van der Waals surface area contributed by atoms with Crippen molar-refractivity contribution >= 4 is 53.1 Å². The minimum atomic E-state index is -1.97. The van der Waals surface area contributed by atoms with Crippen molar-refractivity contribution in [2.24, 2.45) is 0 Å². The Hall–Kier alpha value is -3.58. The lowest BCUT2D eigenvalue weighted by atomic mass is 9.88. The quantitative estimate of drug-likeness (QED) is 0.226. The SMILES string of the molecule is CC(C)(C)OC(=O)N[N+](C=O)(CC#Cc1cccc(Cl)c1)C1(C(=O)N2CCCC2)CC(=O)c2ccc(Cl)cc2N1. The molecule has 0 saturated carbocycles. The first kappa shape index (κ1) is 29.4. The van der Waals surface area contributed by atoms with Crippen molar-refractivity contribution in [2.45, 2.75) is 51.3 Å². The molecule has 0 bridgehead atoms. The highest BCUT2D eigenvalue weighted by Gasteiger charge is 2.64. The Morgan fingerprint density at radius 1 is 1.15 bits per heavy atom. The highest BCUT2D eigenvalue weighted by molar-refractivity contribution is 6.31. The van der Waals surface area contributed by atoms with Gasteiger partial charge in [-0.25, -0.2) is 9.59 Å². The van der Waals surface area contributed by atoms with Gasteiger partial charge in [0.25, 0.3) is 5.66 Å². The number of carbonyl (C=O) groups excluding carboxylic acids is 4. The minimum Gasteiger partial charge on any atom is -0.441 e. The number of nitrogens with one attached hydrogen (secondary N) is 2. The fourth-order valence-electron chi connectivity index (χ4n) is 4.90. The lowest BCUT2D eigenvalue weighted by Gasteiger charge is -2.48. The second-order valence-electron chi connectivity index (χ2n) is 10.8. The van der Waals surface area contributed by atoms with Crippen LogP contribution in [0.5, 0.6) is 0 Å². The number of nitrogens with zero attached hydrogens (tertiary/aromatic N) is 2. The topological polar surface area (TPSA) is 105 Å². The molecule has 2 aliphatic rings. The molecule has 2 unspecified atom stereocenters. The number of quaternary nitrogens is 1. The first-order chi connectivity index (χ1) is 18.9. The second-order valence-corrected chi connectivity index (χ2v) is 11.7. The predicted molar refractivity (Wildman–Crippen MR) is 151 cm³/mol. The van der Waals surface area contributed by atoms with Crippen molar-refractivity contribution in [1.29, 1.82) is 0 Å². The highest BCUT2D eigenvalue weighted by atomic mass is 35.5. The van der Waals surface area contributed by atoms with E-state index < -0.39 is 40.1 Å². The van der Waals surface area contributed by atoms with Crippen molar-refractivity contribution < 1.29 is 28.5 Å². The van der Waals surface area contributed by atoms with E-state index in [1.807, 2.05) is 0 Å². The third-order valence-electron chi connectivity index (χ3n) is 6.72. The first-order valence-electron chi connectivity index (χ1n) is 12.9. The van der Waals surface area contributed by atoms with Gasteiger partial charge >= 0.3 is 18.4 Å². The molecule has 1 saturated heterocycles. The summed E-state index contributed by atoms with van der Waals surface area (Å²) in [5.74, 6) is 4.95. The summed E-state index contributed by atoms with van der Waals surface area (Å²) in [4.78, 5) is 55.9. The van der Waals surface area contributed by atoms with Crippen LogP contribution in [0.1, 0.15) is 56.0 Å². The molecule has 3 amide bonds. The number of amides is 3. The number of hydrogen-bond donors (Lipinski definition) is 2. The molecule has 2 N–H and O–H groups in total. The van der Waals surface area contributed by atoms with Crippen LogP contribution in [-0.2, 0) is 14.3 Å². The standard InChI is InChI=1S/C29H30Cl2N4O5/c1-28(2,3)40-27(39)33-35(19-36,15-7-9-20-8-6-10-21(30)16-20)29(26(38)34-13-4-5-14-34)18-25(37)23-12-11-22(31)17-24(23)32-29/h6,8,10-12,16-17,19H,4-5,13-15,18H2,1-3H3,(H-,32,33,37,39)/p+1. The number of hydrogen-bond acceptors (Lipinski definition) is 6. The lowest BCUT2D eigenvalue weighted by molar-refractivity contribution is -0.911. The summed E-state index contributed by atoms with van der Waals surface area (Å²) >= 11 is 12.3. The molecule has 2 aliphatic heterocycles. The molecule has 1 fully saturated rings. The van der Waals surface area contributed by atoms with Crippen LogP contribution < -0.4 is 10.7 Å². The van der Waals surface area contributed by atoms with Gasteiger partial charge in [0, 0.05) is 34.3 Å².